The summed E-state index contributed by atoms with van der Waals surface area (Å²) in [6.07, 6.45) is 1.93. The van der Waals surface area contributed by atoms with Gasteiger partial charge in [0.1, 0.15) is 5.82 Å². The molecule has 2 aromatic rings. The SMILES string of the molecule is CNC(=O)N1CCCC(c2cccc(C(=O)NCc3cccc(F)c3)c2)C1. The lowest BCUT2D eigenvalue weighted by Gasteiger charge is -2.32. The molecule has 2 aromatic carbocycles. The number of piperidine rings is 1. The molecule has 0 aliphatic carbocycles. The van der Waals surface area contributed by atoms with Crippen molar-refractivity contribution in [1.82, 2.24) is 15.5 Å². The predicted octanol–water partition coefficient (Wildman–Crippen LogP) is 3.27. The number of carbonyl (C=O) groups excluding carboxylic acids is 2. The highest BCUT2D eigenvalue weighted by Crippen LogP contribution is 2.27. The fourth-order valence-electron chi connectivity index (χ4n) is 3.46. The van der Waals surface area contributed by atoms with E-state index >= 15 is 0 Å². The van der Waals surface area contributed by atoms with Crippen molar-refractivity contribution < 1.29 is 14.0 Å². The molecule has 1 unspecified atom stereocenters. The van der Waals surface area contributed by atoms with Crippen molar-refractivity contribution in [3.63, 3.8) is 0 Å². The van der Waals surface area contributed by atoms with Gasteiger partial charge in [0.15, 0.2) is 0 Å². The average Bonchev–Trinajstić information content (AvgIpc) is 2.71. The normalized spacial score (nSPS) is 16.7. The highest BCUT2D eigenvalue weighted by molar-refractivity contribution is 5.94. The molecule has 6 heteroatoms. The Morgan fingerprint density at radius 2 is 2.00 bits per heavy atom. The lowest BCUT2D eigenvalue weighted by molar-refractivity contribution is 0.0950. The minimum absolute atomic E-state index is 0.0660. The van der Waals surface area contributed by atoms with Gasteiger partial charge < -0.3 is 15.5 Å². The number of urea groups is 1. The van der Waals surface area contributed by atoms with Gasteiger partial charge in [-0.1, -0.05) is 24.3 Å². The number of halogens is 1. The molecule has 142 valence electrons. The van der Waals surface area contributed by atoms with Crippen LogP contribution in [0, 0.1) is 5.82 Å². The first-order valence-electron chi connectivity index (χ1n) is 9.16. The van der Waals surface area contributed by atoms with E-state index in [2.05, 4.69) is 10.6 Å². The van der Waals surface area contributed by atoms with Gasteiger partial charge in [0.2, 0.25) is 0 Å². The van der Waals surface area contributed by atoms with Crippen LogP contribution in [0.4, 0.5) is 9.18 Å². The Labute approximate surface area is 158 Å². The van der Waals surface area contributed by atoms with Crippen LogP contribution < -0.4 is 10.6 Å². The molecule has 1 atom stereocenters. The summed E-state index contributed by atoms with van der Waals surface area (Å²) in [5.41, 5.74) is 2.34. The number of rotatable bonds is 4. The Bertz CT molecular complexity index is 825. The van der Waals surface area contributed by atoms with Crippen LogP contribution in [0.25, 0.3) is 0 Å². The summed E-state index contributed by atoms with van der Waals surface area (Å²) in [6.45, 7) is 1.67. The molecule has 1 aliphatic heterocycles. The standard InChI is InChI=1S/C21H24FN3O2/c1-23-21(27)25-10-4-8-18(14-25)16-6-3-7-17(12-16)20(26)24-13-15-5-2-9-19(22)11-15/h2-3,5-7,9,11-12,18H,4,8,10,13-14H2,1H3,(H,23,27)(H,24,26). The van der Waals surface area contributed by atoms with Gasteiger partial charge in [0.05, 0.1) is 0 Å². The van der Waals surface area contributed by atoms with E-state index in [-0.39, 0.29) is 30.2 Å². The number of amides is 3. The Morgan fingerprint density at radius 3 is 2.78 bits per heavy atom. The van der Waals surface area contributed by atoms with E-state index in [4.69, 9.17) is 0 Å². The second kappa shape index (κ2) is 8.66. The van der Waals surface area contributed by atoms with Crippen LogP contribution in [0.15, 0.2) is 48.5 Å². The molecule has 1 fully saturated rings. The first-order valence-corrected chi connectivity index (χ1v) is 9.16. The van der Waals surface area contributed by atoms with Gasteiger partial charge in [-0.15, -0.1) is 0 Å². The van der Waals surface area contributed by atoms with E-state index in [0.717, 1.165) is 24.9 Å². The Hall–Kier alpha value is -2.89. The molecular weight excluding hydrogens is 345 g/mol. The third-order valence-electron chi connectivity index (χ3n) is 4.88. The highest BCUT2D eigenvalue weighted by Gasteiger charge is 2.24. The third kappa shape index (κ3) is 4.84. The minimum Gasteiger partial charge on any atom is -0.348 e. The fourth-order valence-corrected chi connectivity index (χ4v) is 3.46. The largest absolute Gasteiger partial charge is 0.348 e. The molecule has 1 aliphatic rings. The van der Waals surface area contributed by atoms with Crippen molar-refractivity contribution in [2.45, 2.75) is 25.3 Å². The van der Waals surface area contributed by atoms with Crippen molar-refractivity contribution in [3.05, 3.63) is 71.0 Å². The molecule has 0 aromatic heterocycles. The lowest BCUT2D eigenvalue weighted by Crippen LogP contribution is -2.43. The van der Waals surface area contributed by atoms with Gasteiger partial charge in [-0.2, -0.15) is 0 Å². The maximum absolute atomic E-state index is 13.2. The Morgan fingerprint density at radius 1 is 1.19 bits per heavy atom. The molecule has 5 nitrogen and oxygen atoms in total. The number of hydrogen-bond acceptors (Lipinski definition) is 2. The number of likely N-dealkylation sites (tertiary alicyclic amines) is 1. The number of carbonyl (C=O) groups is 2. The molecule has 0 spiro atoms. The second-order valence-electron chi connectivity index (χ2n) is 6.78. The van der Waals surface area contributed by atoms with Gasteiger partial charge in [0, 0.05) is 38.2 Å². The van der Waals surface area contributed by atoms with Crippen LogP contribution in [0.1, 0.15) is 40.2 Å². The highest BCUT2D eigenvalue weighted by atomic mass is 19.1. The van der Waals surface area contributed by atoms with Crippen molar-refractivity contribution in [2.75, 3.05) is 20.1 Å². The summed E-state index contributed by atoms with van der Waals surface area (Å²) in [5, 5.41) is 5.50. The first-order chi connectivity index (χ1) is 13.1. The van der Waals surface area contributed by atoms with Crippen molar-refractivity contribution in [1.29, 1.82) is 0 Å². The fraction of sp³-hybridized carbons (Fsp3) is 0.333. The summed E-state index contributed by atoms with van der Waals surface area (Å²) in [6, 6.07) is 13.6. The molecule has 0 saturated carbocycles. The van der Waals surface area contributed by atoms with Crippen LogP contribution in [0.3, 0.4) is 0 Å². The topological polar surface area (TPSA) is 61.4 Å². The smallest absolute Gasteiger partial charge is 0.317 e. The van der Waals surface area contributed by atoms with Gasteiger partial charge in [0.25, 0.3) is 5.91 Å². The zero-order valence-electron chi connectivity index (χ0n) is 15.4. The van der Waals surface area contributed by atoms with E-state index < -0.39 is 0 Å². The minimum atomic E-state index is -0.318. The van der Waals surface area contributed by atoms with Crippen LogP contribution in [-0.4, -0.2) is 37.0 Å². The second-order valence-corrected chi connectivity index (χ2v) is 6.78. The zero-order chi connectivity index (χ0) is 19.2. The number of nitrogens with one attached hydrogen (secondary N) is 2. The van der Waals surface area contributed by atoms with E-state index in [1.54, 1.807) is 25.2 Å². The van der Waals surface area contributed by atoms with Crippen molar-refractivity contribution in [2.24, 2.45) is 0 Å². The van der Waals surface area contributed by atoms with Gasteiger partial charge in [-0.3, -0.25) is 4.79 Å². The Balaban J connectivity index is 1.65. The lowest BCUT2D eigenvalue weighted by atomic mass is 9.89. The summed E-state index contributed by atoms with van der Waals surface area (Å²) >= 11 is 0. The molecular formula is C21H24FN3O2. The molecule has 0 bridgehead atoms. The summed E-state index contributed by atoms with van der Waals surface area (Å²) in [4.78, 5) is 26.2. The molecule has 3 amide bonds. The molecule has 2 N–H and O–H groups in total. The number of nitrogens with zero attached hydrogens (tertiary/aromatic N) is 1. The van der Waals surface area contributed by atoms with E-state index in [1.165, 1.54) is 12.1 Å². The summed E-state index contributed by atoms with van der Waals surface area (Å²) < 4.78 is 13.2. The van der Waals surface area contributed by atoms with Crippen LogP contribution >= 0.6 is 0 Å². The first kappa shape index (κ1) is 18.9. The monoisotopic (exact) mass is 369 g/mol. The maximum atomic E-state index is 13.2. The molecule has 3 rings (SSSR count). The maximum Gasteiger partial charge on any atom is 0.317 e. The van der Waals surface area contributed by atoms with Crippen molar-refractivity contribution >= 4 is 11.9 Å². The zero-order valence-corrected chi connectivity index (χ0v) is 15.4. The summed E-state index contributed by atoms with van der Waals surface area (Å²) in [7, 11) is 1.63. The van der Waals surface area contributed by atoms with Gasteiger partial charge in [-0.05, 0) is 48.2 Å². The molecule has 1 heterocycles. The average molecular weight is 369 g/mol. The van der Waals surface area contributed by atoms with E-state index in [0.29, 0.717) is 17.7 Å². The predicted molar refractivity (Wildman–Crippen MR) is 102 cm³/mol. The van der Waals surface area contributed by atoms with Crippen LogP contribution in [0.5, 0.6) is 0 Å². The van der Waals surface area contributed by atoms with Gasteiger partial charge >= 0.3 is 6.03 Å². The van der Waals surface area contributed by atoms with E-state index in [1.807, 2.05) is 23.1 Å². The molecule has 1 saturated heterocycles. The van der Waals surface area contributed by atoms with Crippen LogP contribution in [0.2, 0.25) is 0 Å². The molecule has 27 heavy (non-hydrogen) atoms. The number of benzene rings is 2. The molecule has 0 radical (unpaired) electrons. The Kier molecular flexibility index (Phi) is 6.06. The third-order valence-corrected chi connectivity index (χ3v) is 4.88. The van der Waals surface area contributed by atoms with E-state index in [9.17, 15) is 14.0 Å². The number of hydrogen-bond donors (Lipinski definition) is 2. The van der Waals surface area contributed by atoms with Crippen LogP contribution in [-0.2, 0) is 6.54 Å². The van der Waals surface area contributed by atoms with Crippen molar-refractivity contribution in [3.8, 4) is 0 Å². The van der Waals surface area contributed by atoms with Gasteiger partial charge in [-0.25, -0.2) is 9.18 Å². The summed E-state index contributed by atoms with van der Waals surface area (Å²) in [5.74, 6) is -0.297. The quantitative estimate of drug-likeness (QED) is 0.869.